The smallest absolute Gasteiger partial charge is 0.257 e. The molecule has 0 bridgehead atoms. The lowest BCUT2D eigenvalue weighted by molar-refractivity contribution is -0.112. The highest BCUT2D eigenvalue weighted by Gasteiger charge is 2.28. The Balaban J connectivity index is 1.57. The van der Waals surface area contributed by atoms with Crippen LogP contribution in [0.15, 0.2) is 41.9 Å². The van der Waals surface area contributed by atoms with Crippen molar-refractivity contribution in [1.82, 2.24) is 19.6 Å². The molecule has 2 aromatic heterocycles. The second kappa shape index (κ2) is 7.25. The summed E-state index contributed by atoms with van der Waals surface area (Å²) in [7, 11) is 0. The number of halogens is 1. The quantitative estimate of drug-likeness (QED) is 0.595. The van der Waals surface area contributed by atoms with E-state index in [4.69, 9.17) is 10.8 Å². The van der Waals surface area contributed by atoms with Gasteiger partial charge in [-0.3, -0.25) is 15.6 Å². The first-order valence-corrected chi connectivity index (χ1v) is 9.38. The average Bonchev–Trinajstić information content (AvgIpc) is 3.04. The van der Waals surface area contributed by atoms with E-state index in [0.29, 0.717) is 11.4 Å². The van der Waals surface area contributed by atoms with Gasteiger partial charge in [0.05, 0.1) is 28.4 Å². The Hall–Kier alpha value is -3.33. The fourth-order valence-electron chi connectivity index (χ4n) is 3.64. The van der Waals surface area contributed by atoms with Crippen molar-refractivity contribution in [3.63, 3.8) is 0 Å². The zero-order chi connectivity index (χ0) is 20.7. The van der Waals surface area contributed by atoms with Gasteiger partial charge < -0.3 is 19.9 Å². The topological polar surface area (TPSA) is 109 Å². The largest absolute Gasteiger partial charge is 0.367 e. The highest BCUT2D eigenvalue weighted by atomic mass is 19.1. The highest BCUT2D eigenvalue weighted by molar-refractivity contribution is 6.57. The number of fused-ring (bicyclic) bond motifs is 1. The van der Waals surface area contributed by atoms with Crippen LogP contribution in [0.4, 0.5) is 10.1 Å². The van der Waals surface area contributed by atoms with Crippen LogP contribution in [0.5, 0.6) is 0 Å². The highest BCUT2D eigenvalue weighted by Crippen LogP contribution is 2.21. The Kier molecular flexibility index (Phi) is 4.75. The van der Waals surface area contributed by atoms with Crippen LogP contribution in [-0.4, -0.2) is 57.3 Å². The first-order valence-electron chi connectivity index (χ1n) is 9.38. The molecule has 0 saturated carbocycles. The number of nitrogens with zero attached hydrogens (tertiary/aromatic N) is 3. The van der Waals surface area contributed by atoms with Crippen molar-refractivity contribution < 1.29 is 9.18 Å². The number of rotatable bonds is 3. The van der Waals surface area contributed by atoms with Crippen molar-refractivity contribution >= 4 is 28.7 Å². The molecule has 150 valence electrons. The van der Waals surface area contributed by atoms with Gasteiger partial charge in [-0.1, -0.05) is 0 Å². The van der Waals surface area contributed by atoms with Crippen molar-refractivity contribution in [3.8, 4) is 0 Å². The molecule has 3 heterocycles. The number of nitrogens with one attached hydrogen (secondary N) is 4. The summed E-state index contributed by atoms with van der Waals surface area (Å²) in [6.07, 6.45) is 6.48. The van der Waals surface area contributed by atoms with Gasteiger partial charge in [0.15, 0.2) is 11.5 Å². The third-order valence-corrected chi connectivity index (χ3v) is 5.02. The summed E-state index contributed by atoms with van der Waals surface area (Å²) >= 11 is 0. The third-order valence-electron chi connectivity index (χ3n) is 5.02. The van der Waals surface area contributed by atoms with Gasteiger partial charge >= 0.3 is 0 Å². The van der Waals surface area contributed by atoms with Gasteiger partial charge in [0.25, 0.3) is 5.91 Å². The number of carbonyl (C=O) groups excluding carboxylic acids is 1. The summed E-state index contributed by atoms with van der Waals surface area (Å²) in [5, 5.41) is 22.6. The predicted molar refractivity (Wildman–Crippen MR) is 109 cm³/mol. The Labute approximate surface area is 167 Å². The lowest BCUT2D eigenvalue weighted by Crippen LogP contribution is -2.50. The number of piperazine rings is 1. The monoisotopic (exact) mass is 395 g/mol. The van der Waals surface area contributed by atoms with E-state index in [1.54, 1.807) is 31.5 Å². The summed E-state index contributed by atoms with van der Waals surface area (Å²) in [6.45, 7) is 6.10. The van der Waals surface area contributed by atoms with Crippen LogP contribution in [0.2, 0.25) is 0 Å². The third kappa shape index (κ3) is 3.56. The van der Waals surface area contributed by atoms with Crippen LogP contribution >= 0.6 is 0 Å². The Bertz CT molecular complexity index is 1100. The molecule has 1 amide bonds. The van der Waals surface area contributed by atoms with E-state index < -0.39 is 11.7 Å². The number of aromatic nitrogens is 2. The number of hydrogen-bond acceptors (Lipinski definition) is 6. The molecule has 1 unspecified atom stereocenters. The summed E-state index contributed by atoms with van der Waals surface area (Å²) < 4.78 is 15.7. The summed E-state index contributed by atoms with van der Waals surface area (Å²) in [5.74, 6) is -1.11. The van der Waals surface area contributed by atoms with E-state index in [1.165, 1.54) is 10.5 Å². The molecule has 2 aliphatic rings. The minimum Gasteiger partial charge on any atom is -0.367 e. The first kappa shape index (κ1) is 19.0. The molecule has 1 atom stereocenters. The van der Waals surface area contributed by atoms with Crippen molar-refractivity contribution in [3.05, 3.63) is 53.4 Å². The number of carbonyl (C=O) groups is 1. The second-order valence-electron chi connectivity index (χ2n) is 7.33. The van der Waals surface area contributed by atoms with E-state index in [-0.39, 0.29) is 34.4 Å². The van der Waals surface area contributed by atoms with Gasteiger partial charge in [0, 0.05) is 44.1 Å². The molecular formula is C20H22FN7O. The minimum atomic E-state index is -0.556. The zero-order valence-electron chi connectivity index (χ0n) is 16.2. The lowest BCUT2D eigenvalue weighted by atomic mass is 9.96. The van der Waals surface area contributed by atoms with Crippen LogP contribution in [0.3, 0.4) is 0 Å². The summed E-state index contributed by atoms with van der Waals surface area (Å²) in [4.78, 5) is 18.8. The number of anilines is 1. The number of aryl methyl sites for hydroxylation is 1. The van der Waals surface area contributed by atoms with Crippen molar-refractivity contribution in [2.45, 2.75) is 19.9 Å². The number of pyridine rings is 1. The number of amides is 1. The maximum absolute atomic E-state index is 14.2. The number of imidazole rings is 1. The molecule has 1 aliphatic carbocycles. The fourth-order valence-corrected chi connectivity index (χ4v) is 3.64. The molecule has 8 nitrogen and oxygen atoms in total. The minimum absolute atomic E-state index is 0.0126. The molecule has 29 heavy (non-hydrogen) atoms. The van der Waals surface area contributed by atoms with Gasteiger partial charge in [-0.15, -0.1) is 0 Å². The van der Waals surface area contributed by atoms with E-state index in [2.05, 4.69) is 22.5 Å². The van der Waals surface area contributed by atoms with Crippen LogP contribution in [0, 0.1) is 23.6 Å². The standard InChI is InChI=1S/C20H22FN7O/c1-11-8-27(6-5-24-11)16-4-3-14(17(22)18(16)23)20(29)26-13-7-15(21)19-25-12(2)9-28(19)10-13/h3-4,7,9-11,22-24H,5-6,8H2,1-2H3,(H,26,29). The Morgan fingerprint density at radius 1 is 1.31 bits per heavy atom. The summed E-state index contributed by atoms with van der Waals surface area (Å²) in [5.41, 5.74) is 1.68. The molecule has 9 heteroatoms. The van der Waals surface area contributed by atoms with Gasteiger partial charge in [-0.25, -0.2) is 9.37 Å². The van der Waals surface area contributed by atoms with Crippen molar-refractivity contribution in [2.75, 3.05) is 25.0 Å². The molecular weight excluding hydrogens is 373 g/mol. The average molecular weight is 395 g/mol. The lowest BCUT2D eigenvalue weighted by Gasteiger charge is -2.36. The van der Waals surface area contributed by atoms with Crippen LogP contribution in [0.25, 0.3) is 5.65 Å². The molecule has 2 aromatic rings. The van der Waals surface area contributed by atoms with E-state index in [9.17, 15) is 9.18 Å². The van der Waals surface area contributed by atoms with E-state index >= 15 is 0 Å². The van der Waals surface area contributed by atoms with Gasteiger partial charge in [-0.05, 0) is 26.0 Å². The van der Waals surface area contributed by atoms with Gasteiger partial charge in [0.1, 0.15) is 5.71 Å². The van der Waals surface area contributed by atoms with Gasteiger partial charge in [-0.2, -0.15) is 0 Å². The van der Waals surface area contributed by atoms with Crippen LogP contribution < -0.4 is 10.6 Å². The molecule has 0 aromatic carbocycles. The van der Waals surface area contributed by atoms with Crippen molar-refractivity contribution in [1.29, 1.82) is 10.8 Å². The molecule has 4 N–H and O–H groups in total. The molecule has 1 saturated heterocycles. The van der Waals surface area contributed by atoms with E-state index in [1.807, 2.05) is 4.90 Å². The van der Waals surface area contributed by atoms with Crippen LogP contribution in [0.1, 0.15) is 12.6 Å². The first-order chi connectivity index (χ1) is 13.8. The van der Waals surface area contributed by atoms with Crippen molar-refractivity contribution in [2.24, 2.45) is 0 Å². The number of allylic oxidation sites excluding steroid dienone is 3. The number of hydrogen-bond donors (Lipinski definition) is 4. The SMILES string of the molecule is Cc1cn2cc(NC(=O)C3=CC=C(N4CCNC(C)C4)C(=N)C3=N)cc(F)c2n1. The Morgan fingerprint density at radius 2 is 2.10 bits per heavy atom. The summed E-state index contributed by atoms with van der Waals surface area (Å²) in [6, 6.07) is 1.48. The fraction of sp³-hybridized carbons (Fsp3) is 0.300. The maximum Gasteiger partial charge on any atom is 0.257 e. The molecule has 4 rings (SSSR count). The predicted octanol–water partition coefficient (Wildman–Crippen LogP) is 1.88. The molecule has 1 fully saturated rings. The van der Waals surface area contributed by atoms with Gasteiger partial charge in [0.2, 0.25) is 0 Å². The molecule has 1 aliphatic heterocycles. The zero-order valence-corrected chi connectivity index (χ0v) is 16.2. The molecule has 0 radical (unpaired) electrons. The van der Waals surface area contributed by atoms with Crippen LogP contribution in [-0.2, 0) is 4.79 Å². The normalized spacial score (nSPS) is 20.0. The Morgan fingerprint density at radius 3 is 2.86 bits per heavy atom. The van der Waals surface area contributed by atoms with E-state index in [0.717, 1.165) is 19.6 Å². The second-order valence-corrected chi connectivity index (χ2v) is 7.33. The molecule has 0 spiro atoms. The maximum atomic E-state index is 14.2.